The highest BCUT2D eigenvalue weighted by Crippen LogP contribution is 2.22. The smallest absolute Gasteiger partial charge is 0.263 e. The minimum absolute atomic E-state index is 0.0103. The van der Waals surface area contributed by atoms with Crippen molar-refractivity contribution in [2.75, 3.05) is 0 Å². The first-order chi connectivity index (χ1) is 17.0. The molecule has 5 aromatic rings. The summed E-state index contributed by atoms with van der Waals surface area (Å²) in [7, 11) is 0. The van der Waals surface area contributed by atoms with Gasteiger partial charge in [0, 0.05) is 41.5 Å². The molecule has 4 aromatic heterocycles. The predicted octanol–water partition coefficient (Wildman–Crippen LogP) is 4.03. The SMILES string of the molecule is O=C(NCc1ncc(Cc2c[nH]c3ncccc23)s1)c1cccn(Cc2ccc(F)c(F)c2)c1=O. The molecular weight excluding hydrogens is 472 g/mol. The molecule has 0 atom stereocenters. The van der Waals surface area contributed by atoms with Crippen molar-refractivity contribution in [1.82, 2.24) is 24.8 Å². The summed E-state index contributed by atoms with van der Waals surface area (Å²) < 4.78 is 27.9. The minimum atomic E-state index is -0.992. The zero-order valence-corrected chi connectivity index (χ0v) is 19.1. The Hall–Kier alpha value is -4.18. The normalized spacial score (nSPS) is 11.1. The molecule has 0 fully saturated rings. The molecule has 0 radical (unpaired) electrons. The van der Waals surface area contributed by atoms with E-state index in [4.69, 9.17) is 0 Å². The van der Waals surface area contributed by atoms with Crippen molar-refractivity contribution in [3.8, 4) is 0 Å². The number of fused-ring (bicyclic) bond motifs is 1. The number of benzene rings is 1. The molecule has 0 saturated heterocycles. The molecule has 5 rings (SSSR count). The molecule has 0 aliphatic carbocycles. The average molecular weight is 492 g/mol. The van der Waals surface area contributed by atoms with Gasteiger partial charge in [0.2, 0.25) is 0 Å². The number of carbonyl (C=O) groups excluding carboxylic acids is 1. The fourth-order valence-corrected chi connectivity index (χ4v) is 4.66. The number of amides is 1. The molecule has 176 valence electrons. The zero-order valence-electron chi connectivity index (χ0n) is 18.3. The van der Waals surface area contributed by atoms with Gasteiger partial charge in [0.15, 0.2) is 11.6 Å². The van der Waals surface area contributed by atoms with Gasteiger partial charge in [-0.15, -0.1) is 11.3 Å². The van der Waals surface area contributed by atoms with E-state index in [-0.39, 0.29) is 18.7 Å². The molecule has 10 heteroatoms. The van der Waals surface area contributed by atoms with Gasteiger partial charge in [0.1, 0.15) is 16.2 Å². The first kappa shape index (κ1) is 22.6. The maximum Gasteiger partial charge on any atom is 0.263 e. The van der Waals surface area contributed by atoms with Crippen LogP contribution in [0.3, 0.4) is 0 Å². The van der Waals surface area contributed by atoms with Crippen molar-refractivity contribution in [1.29, 1.82) is 0 Å². The van der Waals surface area contributed by atoms with Crippen LogP contribution in [0, 0.1) is 11.6 Å². The highest BCUT2D eigenvalue weighted by atomic mass is 32.1. The Kier molecular flexibility index (Phi) is 6.19. The third kappa shape index (κ3) is 4.87. The number of nitrogens with zero attached hydrogens (tertiary/aromatic N) is 3. The Bertz CT molecular complexity index is 1590. The van der Waals surface area contributed by atoms with Gasteiger partial charge in [-0.1, -0.05) is 6.07 Å². The van der Waals surface area contributed by atoms with Crippen molar-refractivity contribution in [2.24, 2.45) is 0 Å². The van der Waals surface area contributed by atoms with Gasteiger partial charge < -0.3 is 14.9 Å². The number of halogens is 2. The van der Waals surface area contributed by atoms with Gasteiger partial charge in [0.05, 0.1) is 13.1 Å². The molecule has 2 N–H and O–H groups in total. The number of pyridine rings is 2. The first-order valence-electron chi connectivity index (χ1n) is 10.7. The predicted molar refractivity (Wildman–Crippen MR) is 128 cm³/mol. The second-order valence-corrected chi connectivity index (χ2v) is 9.10. The van der Waals surface area contributed by atoms with Crippen LogP contribution in [0.25, 0.3) is 11.0 Å². The van der Waals surface area contributed by atoms with E-state index in [2.05, 4.69) is 20.3 Å². The number of hydrogen-bond acceptors (Lipinski definition) is 5. The Labute approximate surface area is 202 Å². The van der Waals surface area contributed by atoms with Gasteiger partial charge in [-0.3, -0.25) is 9.59 Å². The van der Waals surface area contributed by atoms with Crippen LogP contribution in [-0.4, -0.2) is 25.4 Å². The molecule has 1 aromatic carbocycles. The number of hydrogen-bond donors (Lipinski definition) is 2. The van der Waals surface area contributed by atoms with Crippen molar-refractivity contribution in [3.63, 3.8) is 0 Å². The van der Waals surface area contributed by atoms with Crippen molar-refractivity contribution >= 4 is 28.3 Å². The maximum atomic E-state index is 13.5. The highest BCUT2D eigenvalue weighted by Gasteiger charge is 2.14. The molecule has 0 bridgehead atoms. The van der Waals surface area contributed by atoms with E-state index in [1.165, 1.54) is 34.2 Å². The van der Waals surface area contributed by atoms with Crippen LogP contribution < -0.4 is 10.9 Å². The average Bonchev–Trinajstić information content (AvgIpc) is 3.48. The summed E-state index contributed by atoms with van der Waals surface area (Å²) in [5.41, 5.74) is 1.78. The van der Waals surface area contributed by atoms with Crippen LogP contribution in [0.1, 0.15) is 31.4 Å². The van der Waals surface area contributed by atoms with E-state index in [1.807, 2.05) is 18.3 Å². The third-order valence-electron chi connectivity index (χ3n) is 5.50. The quantitative estimate of drug-likeness (QED) is 0.360. The lowest BCUT2D eigenvalue weighted by atomic mass is 10.1. The fourth-order valence-electron chi connectivity index (χ4n) is 3.78. The largest absolute Gasteiger partial charge is 0.346 e. The molecule has 0 unspecified atom stereocenters. The van der Waals surface area contributed by atoms with E-state index < -0.39 is 23.1 Å². The van der Waals surface area contributed by atoms with Gasteiger partial charge in [-0.05, 0) is 47.5 Å². The Balaban J connectivity index is 1.24. The maximum absolute atomic E-state index is 13.5. The lowest BCUT2D eigenvalue weighted by Crippen LogP contribution is -2.32. The molecule has 1 amide bonds. The Morgan fingerprint density at radius 1 is 1.11 bits per heavy atom. The molecule has 0 spiro atoms. The van der Waals surface area contributed by atoms with E-state index >= 15 is 0 Å². The number of aromatic amines is 1. The molecule has 0 saturated carbocycles. The number of rotatable bonds is 7. The van der Waals surface area contributed by atoms with Crippen LogP contribution in [0.2, 0.25) is 0 Å². The van der Waals surface area contributed by atoms with Crippen LogP contribution >= 0.6 is 11.3 Å². The third-order valence-corrected chi connectivity index (χ3v) is 6.50. The molecule has 0 aliphatic rings. The first-order valence-corrected chi connectivity index (χ1v) is 11.6. The van der Waals surface area contributed by atoms with Crippen LogP contribution in [0.15, 0.2) is 72.0 Å². The second kappa shape index (κ2) is 9.59. The molecule has 4 heterocycles. The summed E-state index contributed by atoms with van der Waals surface area (Å²) in [5, 5.41) is 4.50. The summed E-state index contributed by atoms with van der Waals surface area (Å²) in [4.78, 5) is 38.3. The number of aromatic nitrogens is 4. The van der Waals surface area contributed by atoms with E-state index in [0.717, 1.165) is 33.6 Å². The summed E-state index contributed by atoms with van der Waals surface area (Å²) in [5.74, 6) is -2.49. The van der Waals surface area contributed by atoms with E-state index in [1.54, 1.807) is 18.5 Å². The van der Waals surface area contributed by atoms with Crippen molar-refractivity contribution in [3.05, 3.63) is 116 Å². The Morgan fingerprint density at radius 3 is 2.86 bits per heavy atom. The summed E-state index contributed by atoms with van der Waals surface area (Å²) in [6.07, 6.45) is 7.62. The lowest BCUT2D eigenvalue weighted by molar-refractivity contribution is 0.0948. The van der Waals surface area contributed by atoms with Gasteiger partial charge in [0.25, 0.3) is 11.5 Å². The highest BCUT2D eigenvalue weighted by molar-refractivity contribution is 7.11. The van der Waals surface area contributed by atoms with Crippen LogP contribution in [0.4, 0.5) is 8.78 Å². The van der Waals surface area contributed by atoms with Gasteiger partial charge in [-0.2, -0.15) is 0 Å². The van der Waals surface area contributed by atoms with Gasteiger partial charge in [-0.25, -0.2) is 18.7 Å². The molecule has 7 nitrogen and oxygen atoms in total. The lowest BCUT2D eigenvalue weighted by Gasteiger charge is -2.09. The molecular formula is C25H19F2N5O2S. The van der Waals surface area contributed by atoms with Crippen LogP contribution in [0.5, 0.6) is 0 Å². The number of thiazole rings is 1. The standard InChI is InChI=1S/C25H19F2N5O2S/c26-20-6-5-15(9-21(20)27)14-32-8-2-4-19(25(32)34)24(33)31-13-22-29-12-17(35-22)10-16-11-30-23-18(16)3-1-7-28-23/h1-9,11-12H,10,13-14H2,(H,28,30)(H,31,33). The van der Waals surface area contributed by atoms with E-state index in [9.17, 15) is 18.4 Å². The Morgan fingerprint density at radius 2 is 2.00 bits per heavy atom. The van der Waals surface area contributed by atoms with Gasteiger partial charge >= 0.3 is 0 Å². The topological polar surface area (TPSA) is 92.7 Å². The summed E-state index contributed by atoms with van der Waals surface area (Å²) >= 11 is 1.48. The second-order valence-electron chi connectivity index (χ2n) is 7.90. The van der Waals surface area contributed by atoms with Crippen LogP contribution in [-0.2, 0) is 19.5 Å². The zero-order chi connectivity index (χ0) is 24.4. The summed E-state index contributed by atoms with van der Waals surface area (Å²) in [6, 6.07) is 10.3. The number of carbonyl (C=O) groups is 1. The fraction of sp³-hybridized carbons (Fsp3) is 0.120. The van der Waals surface area contributed by atoms with Crippen molar-refractivity contribution < 1.29 is 13.6 Å². The minimum Gasteiger partial charge on any atom is -0.346 e. The van der Waals surface area contributed by atoms with E-state index in [0.29, 0.717) is 17.0 Å². The number of H-pyrrole nitrogens is 1. The molecule has 0 aliphatic heterocycles. The molecule has 35 heavy (non-hydrogen) atoms. The number of nitrogens with one attached hydrogen (secondary N) is 2. The van der Waals surface area contributed by atoms with Crippen molar-refractivity contribution in [2.45, 2.75) is 19.5 Å². The monoisotopic (exact) mass is 491 g/mol. The summed E-state index contributed by atoms with van der Waals surface area (Å²) in [6.45, 7) is 0.187.